The zero-order valence-electron chi connectivity index (χ0n) is 9.61. The summed E-state index contributed by atoms with van der Waals surface area (Å²) in [6.45, 7) is 2.20. The first-order chi connectivity index (χ1) is 8.58. The van der Waals surface area contributed by atoms with Gasteiger partial charge in [-0.25, -0.2) is 14.4 Å². The molecule has 1 amide bonds. The molecule has 2 aromatic heterocycles. The Hall–Kier alpha value is -2.02. The highest BCUT2D eigenvalue weighted by atomic mass is 32.1. The molecule has 0 fully saturated rings. The second-order valence-electron chi connectivity index (χ2n) is 3.63. The normalized spacial score (nSPS) is 10.3. The lowest BCUT2D eigenvalue weighted by Crippen LogP contribution is -2.24. The molecular formula is C11H11FN4OS. The van der Waals surface area contributed by atoms with Gasteiger partial charge in [0.25, 0.3) is 5.91 Å². The Morgan fingerprint density at radius 3 is 3.00 bits per heavy atom. The maximum atomic E-state index is 13.0. The van der Waals surface area contributed by atoms with Crippen LogP contribution in [0.5, 0.6) is 0 Å². The first kappa shape index (κ1) is 12.4. The molecule has 0 bridgehead atoms. The van der Waals surface area contributed by atoms with Crippen LogP contribution in [0.4, 0.5) is 10.2 Å². The van der Waals surface area contributed by atoms with E-state index >= 15 is 0 Å². The van der Waals surface area contributed by atoms with Crippen LogP contribution in [0, 0.1) is 12.7 Å². The molecule has 5 nitrogen and oxygen atoms in total. The number of hydrogen-bond acceptors (Lipinski definition) is 5. The van der Waals surface area contributed by atoms with Crippen molar-refractivity contribution in [3.8, 4) is 0 Å². The van der Waals surface area contributed by atoms with Gasteiger partial charge >= 0.3 is 0 Å². The van der Waals surface area contributed by atoms with E-state index < -0.39 is 11.7 Å². The third-order valence-electron chi connectivity index (χ3n) is 2.38. The number of pyridine rings is 1. The Morgan fingerprint density at radius 1 is 1.56 bits per heavy atom. The highest BCUT2D eigenvalue weighted by Gasteiger charge is 2.12. The van der Waals surface area contributed by atoms with E-state index in [2.05, 4.69) is 15.3 Å². The highest BCUT2D eigenvalue weighted by molar-refractivity contribution is 7.09. The molecule has 0 spiro atoms. The number of nitrogens with one attached hydrogen (secondary N) is 1. The van der Waals surface area contributed by atoms with Crippen LogP contribution in [0.1, 0.15) is 20.9 Å². The number of aryl methyl sites for hydroxylation is 1. The van der Waals surface area contributed by atoms with Crippen molar-refractivity contribution in [1.29, 1.82) is 0 Å². The summed E-state index contributed by atoms with van der Waals surface area (Å²) in [6, 6.07) is 1.07. The Bertz CT molecular complexity index is 584. The van der Waals surface area contributed by atoms with Gasteiger partial charge in [0.05, 0.1) is 29.5 Å². The van der Waals surface area contributed by atoms with E-state index in [1.165, 1.54) is 11.3 Å². The molecule has 0 aliphatic carbocycles. The molecule has 2 rings (SSSR count). The number of carbonyl (C=O) groups is 1. The maximum Gasteiger partial charge on any atom is 0.255 e. The summed E-state index contributed by atoms with van der Waals surface area (Å²) >= 11 is 1.45. The van der Waals surface area contributed by atoms with E-state index in [0.717, 1.165) is 22.8 Å². The van der Waals surface area contributed by atoms with E-state index in [1.807, 2.05) is 6.92 Å². The molecule has 3 N–H and O–H groups in total. The van der Waals surface area contributed by atoms with Crippen LogP contribution in [0.25, 0.3) is 0 Å². The molecule has 2 heterocycles. The minimum Gasteiger partial charge on any atom is -0.383 e. The topological polar surface area (TPSA) is 80.9 Å². The van der Waals surface area contributed by atoms with Crippen molar-refractivity contribution in [3.05, 3.63) is 39.7 Å². The van der Waals surface area contributed by atoms with Crippen LogP contribution in [-0.4, -0.2) is 15.9 Å². The zero-order valence-corrected chi connectivity index (χ0v) is 10.4. The van der Waals surface area contributed by atoms with Gasteiger partial charge in [0.15, 0.2) is 0 Å². The predicted octanol–water partition coefficient (Wildman–Crippen LogP) is 1.50. The van der Waals surface area contributed by atoms with Gasteiger partial charge in [-0.1, -0.05) is 0 Å². The monoisotopic (exact) mass is 266 g/mol. The van der Waals surface area contributed by atoms with Gasteiger partial charge in [0.2, 0.25) is 0 Å². The fourth-order valence-corrected chi connectivity index (χ4v) is 2.10. The highest BCUT2D eigenvalue weighted by Crippen LogP contribution is 2.13. The summed E-state index contributed by atoms with van der Waals surface area (Å²) in [5.74, 6) is -1.04. The third kappa shape index (κ3) is 2.62. The molecule has 2 aromatic rings. The van der Waals surface area contributed by atoms with E-state index in [1.54, 1.807) is 5.51 Å². The summed E-state index contributed by atoms with van der Waals surface area (Å²) in [4.78, 5) is 20.4. The largest absolute Gasteiger partial charge is 0.383 e. The van der Waals surface area contributed by atoms with Gasteiger partial charge in [0, 0.05) is 4.88 Å². The molecule has 0 aliphatic heterocycles. The lowest BCUT2D eigenvalue weighted by atomic mass is 10.2. The molecule has 18 heavy (non-hydrogen) atoms. The fourth-order valence-electron chi connectivity index (χ4n) is 1.38. The number of nitrogen functional groups attached to an aromatic ring is 1. The van der Waals surface area contributed by atoms with Crippen LogP contribution in [-0.2, 0) is 6.54 Å². The Balaban J connectivity index is 2.08. The first-order valence-electron chi connectivity index (χ1n) is 5.16. The lowest BCUT2D eigenvalue weighted by molar-refractivity contribution is 0.0951. The van der Waals surface area contributed by atoms with Crippen molar-refractivity contribution in [3.63, 3.8) is 0 Å². The number of rotatable bonds is 3. The number of nitrogens with two attached hydrogens (primary N) is 1. The van der Waals surface area contributed by atoms with Crippen molar-refractivity contribution >= 4 is 23.1 Å². The smallest absolute Gasteiger partial charge is 0.255 e. The summed E-state index contributed by atoms with van der Waals surface area (Å²) < 4.78 is 13.0. The molecule has 0 aromatic carbocycles. The van der Waals surface area contributed by atoms with E-state index in [4.69, 9.17) is 5.73 Å². The molecular weight excluding hydrogens is 255 g/mol. The fraction of sp³-hybridized carbons (Fsp3) is 0.182. The Morgan fingerprint density at radius 2 is 2.33 bits per heavy atom. The SMILES string of the molecule is Cc1ncsc1CNC(=O)c1cc(F)cnc1N. The van der Waals surface area contributed by atoms with Gasteiger partial charge in [0.1, 0.15) is 11.6 Å². The van der Waals surface area contributed by atoms with Crippen LogP contribution in [0.2, 0.25) is 0 Å². The van der Waals surface area contributed by atoms with Crippen molar-refractivity contribution in [2.24, 2.45) is 0 Å². The molecule has 0 unspecified atom stereocenters. The average molecular weight is 266 g/mol. The molecule has 0 saturated heterocycles. The van der Waals surface area contributed by atoms with Gasteiger partial charge < -0.3 is 11.1 Å². The van der Waals surface area contributed by atoms with E-state index in [9.17, 15) is 9.18 Å². The van der Waals surface area contributed by atoms with Crippen molar-refractivity contribution in [1.82, 2.24) is 15.3 Å². The number of anilines is 1. The second kappa shape index (κ2) is 5.09. The second-order valence-corrected chi connectivity index (χ2v) is 4.57. The lowest BCUT2D eigenvalue weighted by Gasteiger charge is -2.06. The predicted molar refractivity (Wildman–Crippen MR) is 66.6 cm³/mol. The number of carbonyl (C=O) groups excluding carboxylic acids is 1. The minimum absolute atomic E-state index is 0.00919. The van der Waals surface area contributed by atoms with Crippen molar-refractivity contribution in [2.45, 2.75) is 13.5 Å². The quantitative estimate of drug-likeness (QED) is 0.882. The maximum absolute atomic E-state index is 13.0. The summed E-state index contributed by atoms with van der Waals surface area (Å²) in [5.41, 5.74) is 8.13. The molecule has 7 heteroatoms. The van der Waals surface area contributed by atoms with Gasteiger partial charge in [-0.15, -0.1) is 11.3 Å². The van der Waals surface area contributed by atoms with Gasteiger partial charge in [-0.3, -0.25) is 4.79 Å². The molecule has 0 atom stereocenters. The van der Waals surface area contributed by atoms with Gasteiger partial charge in [-0.05, 0) is 13.0 Å². The van der Waals surface area contributed by atoms with Crippen molar-refractivity contribution < 1.29 is 9.18 Å². The van der Waals surface area contributed by atoms with Crippen LogP contribution in [0.15, 0.2) is 17.8 Å². The van der Waals surface area contributed by atoms with Gasteiger partial charge in [-0.2, -0.15) is 0 Å². The zero-order chi connectivity index (χ0) is 13.1. The molecule has 0 saturated carbocycles. The number of aromatic nitrogens is 2. The van der Waals surface area contributed by atoms with Crippen LogP contribution < -0.4 is 11.1 Å². The summed E-state index contributed by atoms with van der Waals surface area (Å²) in [7, 11) is 0. The third-order valence-corrected chi connectivity index (χ3v) is 3.32. The number of halogens is 1. The van der Waals surface area contributed by atoms with E-state index in [0.29, 0.717) is 6.54 Å². The van der Waals surface area contributed by atoms with Crippen LogP contribution >= 0.6 is 11.3 Å². The first-order valence-corrected chi connectivity index (χ1v) is 6.04. The minimum atomic E-state index is -0.594. The number of nitrogens with zero attached hydrogens (tertiary/aromatic N) is 2. The summed E-state index contributed by atoms with van der Waals surface area (Å²) in [6.07, 6.45) is 0.972. The molecule has 0 aliphatic rings. The van der Waals surface area contributed by atoms with E-state index in [-0.39, 0.29) is 11.4 Å². The Labute approximate surface area is 107 Å². The standard InChI is InChI=1S/C11H11FN4OS/c1-6-9(18-5-16-6)4-15-11(17)8-2-7(12)3-14-10(8)13/h2-3,5H,4H2,1H3,(H2,13,14)(H,15,17). The number of amides is 1. The molecule has 0 radical (unpaired) electrons. The Kier molecular flexibility index (Phi) is 3.52. The summed E-state index contributed by atoms with van der Waals surface area (Å²) in [5, 5.41) is 2.66. The van der Waals surface area contributed by atoms with Crippen LogP contribution in [0.3, 0.4) is 0 Å². The van der Waals surface area contributed by atoms with Crippen molar-refractivity contribution in [2.75, 3.05) is 5.73 Å². The average Bonchev–Trinajstić information content (AvgIpc) is 2.75. The number of thiazole rings is 1. The molecule has 94 valence electrons. The number of hydrogen-bond donors (Lipinski definition) is 2.